The van der Waals surface area contributed by atoms with E-state index in [2.05, 4.69) is 0 Å². The fourth-order valence-corrected chi connectivity index (χ4v) is 3.00. The molecule has 1 unspecified atom stereocenters. The van der Waals surface area contributed by atoms with Crippen molar-refractivity contribution >= 4 is 23.1 Å². The summed E-state index contributed by atoms with van der Waals surface area (Å²) < 4.78 is 13.5. The van der Waals surface area contributed by atoms with Crippen LogP contribution in [0.3, 0.4) is 0 Å². The van der Waals surface area contributed by atoms with Crippen molar-refractivity contribution in [2.45, 2.75) is 19.4 Å². The molecule has 0 saturated carbocycles. The van der Waals surface area contributed by atoms with Crippen LogP contribution in [0, 0.1) is 5.82 Å². The Kier molecular flexibility index (Phi) is 4.09. The van der Waals surface area contributed by atoms with Crippen molar-refractivity contribution in [1.29, 1.82) is 0 Å². The fraction of sp³-hybridized carbons (Fsp3) is 0.263. The van der Waals surface area contributed by atoms with Gasteiger partial charge in [0.05, 0.1) is 5.69 Å². The summed E-state index contributed by atoms with van der Waals surface area (Å²) in [5.74, 6) is -0.795. The number of rotatable bonds is 2. The Morgan fingerprint density at radius 1 is 1.17 bits per heavy atom. The summed E-state index contributed by atoms with van der Waals surface area (Å²) in [5, 5.41) is 0. The first kappa shape index (κ1) is 16.2. The van der Waals surface area contributed by atoms with Gasteiger partial charge in [0.25, 0.3) is 5.91 Å². The van der Waals surface area contributed by atoms with Gasteiger partial charge in [-0.2, -0.15) is 0 Å². The van der Waals surface area contributed by atoms with E-state index in [9.17, 15) is 14.0 Å². The van der Waals surface area contributed by atoms with E-state index in [-0.39, 0.29) is 29.7 Å². The van der Waals surface area contributed by atoms with Gasteiger partial charge in [0, 0.05) is 43.4 Å². The number of hydrogen-bond donors (Lipinski definition) is 0. The molecule has 2 aromatic carbocycles. The summed E-state index contributed by atoms with van der Waals surface area (Å²) in [6.45, 7) is 1.83. The second kappa shape index (κ2) is 6.07. The van der Waals surface area contributed by atoms with Gasteiger partial charge in [-0.05, 0) is 49.4 Å². The number of halogens is 1. The fourth-order valence-electron chi connectivity index (χ4n) is 3.00. The molecule has 1 amide bonds. The lowest BCUT2D eigenvalue weighted by Crippen LogP contribution is -2.44. The van der Waals surface area contributed by atoms with Crippen molar-refractivity contribution in [3.8, 4) is 0 Å². The number of Topliss-reactive ketones (excluding diaryl/α,β-unsaturated/α-hetero) is 1. The average molecular weight is 326 g/mol. The molecule has 2 aromatic rings. The molecule has 1 aliphatic heterocycles. The van der Waals surface area contributed by atoms with Gasteiger partial charge in [0.1, 0.15) is 5.82 Å². The number of amides is 1. The predicted molar refractivity (Wildman–Crippen MR) is 92.4 cm³/mol. The van der Waals surface area contributed by atoms with E-state index in [1.54, 1.807) is 17.0 Å². The third-order valence-electron chi connectivity index (χ3n) is 4.29. The van der Waals surface area contributed by atoms with Crippen molar-refractivity contribution in [3.05, 3.63) is 59.4 Å². The molecule has 0 radical (unpaired) electrons. The summed E-state index contributed by atoms with van der Waals surface area (Å²) in [6, 6.07) is 11.0. The Bertz CT molecular complexity index is 800. The molecule has 0 N–H and O–H groups in total. The Morgan fingerprint density at radius 2 is 1.83 bits per heavy atom. The molecule has 0 fully saturated rings. The molecule has 3 rings (SSSR count). The number of hydrogen-bond acceptors (Lipinski definition) is 3. The van der Waals surface area contributed by atoms with Crippen LogP contribution in [0.4, 0.5) is 15.8 Å². The monoisotopic (exact) mass is 326 g/mol. The van der Waals surface area contributed by atoms with Gasteiger partial charge >= 0.3 is 0 Å². The largest absolute Gasteiger partial charge is 0.378 e. The predicted octanol–water partition coefficient (Wildman–Crippen LogP) is 3.51. The number of benzene rings is 2. The van der Waals surface area contributed by atoms with E-state index in [0.717, 1.165) is 5.69 Å². The second-order valence-electron chi connectivity index (χ2n) is 6.25. The quantitative estimate of drug-likeness (QED) is 0.848. The van der Waals surface area contributed by atoms with Crippen molar-refractivity contribution < 1.29 is 14.0 Å². The van der Waals surface area contributed by atoms with E-state index in [4.69, 9.17) is 0 Å². The van der Waals surface area contributed by atoms with Crippen LogP contribution in [0.2, 0.25) is 0 Å². The van der Waals surface area contributed by atoms with E-state index in [1.165, 1.54) is 18.2 Å². The molecule has 1 heterocycles. The molecule has 0 aliphatic carbocycles. The maximum absolute atomic E-state index is 13.5. The molecule has 5 heteroatoms. The highest BCUT2D eigenvalue weighted by Gasteiger charge is 2.33. The van der Waals surface area contributed by atoms with Gasteiger partial charge in [0.2, 0.25) is 0 Å². The SMILES string of the molecule is CC1CC(=O)c2cc(F)ccc2N1C(=O)c1ccc(N(C)C)cc1. The van der Waals surface area contributed by atoms with Crippen molar-refractivity contribution in [2.24, 2.45) is 0 Å². The smallest absolute Gasteiger partial charge is 0.258 e. The van der Waals surface area contributed by atoms with E-state index >= 15 is 0 Å². The summed E-state index contributed by atoms with van der Waals surface area (Å²) in [7, 11) is 3.86. The highest BCUT2D eigenvalue weighted by Crippen LogP contribution is 2.32. The van der Waals surface area contributed by atoms with Crippen molar-refractivity contribution in [3.63, 3.8) is 0 Å². The molecule has 24 heavy (non-hydrogen) atoms. The number of fused-ring (bicyclic) bond motifs is 1. The molecule has 0 bridgehead atoms. The number of nitrogens with zero attached hydrogens (tertiary/aromatic N) is 2. The van der Waals surface area contributed by atoms with Gasteiger partial charge in [-0.1, -0.05) is 0 Å². The van der Waals surface area contributed by atoms with Crippen LogP contribution in [-0.4, -0.2) is 31.8 Å². The highest BCUT2D eigenvalue weighted by molar-refractivity contribution is 6.14. The van der Waals surface area contributed by atoms with Crippen LogP contribution >= 0.6 is 0 Å². The minimum absolute atomic E-state index is 0.135. The molecule has 0 spiro atoms. The minimum atomic E-state index is -0.473. The maximum atomic E-state index is 13.5. The third-order valence-corrected chi connectivity index (χ3v) is 4.29. The number of ketones is 1. The van der Waals surface area contributed by atoms with E-state index < -0.39 is 5.82 Å². The Balaban J connectivity index is 2.00. The van der Waals surface area contributed by atoms with Crippen LogP contribution in [0.5, 0.6) is 0 Å². The van der Waals surface area contributed by atoms with Crippen molar-refractivity contribution in [1.82, 2.24) is 0 Å². The van der Waals surface area contributed by atoms with Crippen LogP contribution in [0.15, 0.2) is 42.5 Å². The Morgan fingerprint density at radius 3 is 2.46 bits per heavy atom. The van der Waals surface area contributed by atoms with E-state index in [0.29, 0.717) is 11.3 Å². The summed E-state index contributed by atoms with van der Waals surface area (Å²) in [4.78, 5) is 28.7. The van der Waals surface area contributed by atoms with Crippen LogP contribution in [0.25, 0.3) is 0 Å². The van der Waals surface area contributed by atoms with Crippen LogP contribution < -0.4 is 9.80 Å². The summed E-state index contributed by atoms with van der Waals surface area (Å²) in [5.41, 5.74) is 2.28. The Hall–Kier alpha value is -2.69. The number of carbonyl (C=O) groups excluding carboxylic acids is 2. The second-order valence-corrected chi connectivity index (χ2v) is 6.25. The molecule has 124 valence electrons. The van der Waals surface area contributed by atoms with Gasteiger partial charge in [-0.15, -0.1) is 0 Å². The molecular formula is C19H19FN2O2. The number of carbonyl (C=O) groups is 2. The minimum Gasteiger partial charge on any atom is -0.378 e. The molecule has 1 atom stereocenters. The van der Waals surface area contributed by atoms with Gasteiger partial charge in [-0.25, -0.2) is 4.39 Å². The highest BCUT2D eigenvalue weighted by atomic mass is 19.1. The molecule has 4 nitrogen and oxygen atoms in total. The van der Waals surface area contributed by atoms with Gasteiger partial charge in [0.15, 0.2) is 5.78 Å². The normalized spacial score (nSPS) is 16.8. The molecule has 1 aliphatic rings. The molecule has 0 aromatic heterocycles. The van der Waals surface area contributed by atoms with Gasteiger partial charge < -0.3 is 9.80 Å². The maximum Gasteiger partial charge on any atom is 0.258 e. The van der Waals surface area contributed by atoms with Crippen LogP contribution in [-0.2, 0) is 0 Å². The Labute approximate surface area is 140 Å². The average Bonchev–Trinajstić information content (AvgIpc) is 2.55. The lowest BCUT2D eigenvalue weighted by molar-refractivity contribution is 0.0936. The first-order valence-electron chi connectivity index (χ1n) is 7.82. The lowest BCUT2D eigenvalue weighted by Gasteiger charge is -2.34. The first-order chi connectivity index (χ1) is 11.4. The zero-order chi connectivity index (χ0) is 17.4. The number of anilines is 2. The van der Waals surface area contributed by atoms with E-state index in [1.807, 2.05) is 38.1 Å². The topological polar surface area (TPSA) is 40.6 Å². The zero-order valence-corrected chi connectivity index (χ0v) is 13.9. The molecule has 0 saturated heterocycles. The van der Waals surface area contributed by atoms with Gasteiger partial charge in [-0.3, -0.25) is 9.59 Å². The summed E-state index contributed by atoms with van der Waals surface area (Å²) >= 11 is 0. The van der Waals surface area contributed by atoms with Crippen molar-refractivity contribution in [2.75, 3.05) is 23.9 Å². The first-order valence-corrected chi connectivity index (χ1v) is 7.82. The third kappa shape index (κ3) is 2.77. The summed E-state index contributed by atoms with van der Waals surface area (Å²) in [6.07, 6.45) is 0.192. The molecular weight excluding hydrogens is 307 g/mol. The van der Waals surface area contributed by atoms with Crippen LogP contribution in [0.1, 0.15) is 34.1 Å². The lowest BCUT2D eigenvalue weighted by atomic mass is 9.94. The standard InChI is InChI=1S/C19H19FN2O2/c1-12-10-18(23)16-11-14(20)6-9-17(16)22(12)19(24)13-4-7-15(8-5-13)21(2)3/h4-9,11-12H,10H2,1-3H3. The zero-order valence-electron chi connectivity index (χ0n) is 13.9.